The molecule has 3 aromatic rings. The Morgan fingerprint density at radius 3 is 2.22 bits per heavy atom. The van der Waals surface area contributed by atoms with Gasteiger partial charge in [-0.25, -0.2) is 0 Å². The molecule has 3 rings (SSSR count). The highest BCUT2D eigenvalue weighted by Gasteiger charge is 2.18. The second kappa shape index (κ2) is 5.89. The van der Waals surface area contributed by atoms with Crippen LogP contribution < -0.4 is 0 Å². The zero-order valence-corrected chi connectivity index (χ0v) is 13.6. The van der Waals surface area contributed by atoms with E-state index in [1.165, 1.54) is 11.3 Å². The number of hydrogen-bond acceptors (Lipinski definition) is 4. The van der Waals surface area contributed by atoms with Crippen molar-refractivity contribution in [3.63, 3.8) is 0 Å². The van der Waals surface area contributed by atoms with Crippen LogP contribution in [-0.2, 0) is 0 Å². The van der Waals surface area contributed by atoms with Gasteiger partial charge in [-0.05, 0) is 72.5 Å². The number of aldehydes is 1. The minimum atomic E-state index is 0.213. The van der Waals surface area contributed by atoms with Crippen LogP contribution in [-0.4, -0.2) is 16.5 Å². The summed E-state index contributed by atoms with van der Waals surface area (Å²) in [7, 11) is 0. The third-order valence-corrected chi connectivity index (χ3v) is 5.16. The molecule has 1 aromatic heterocycles. The van der Waals surface area contributed by atoms with E-state index < -0.39 is 0 Å². The highest BCUT2D eigenvalue weighted by atomic mass is 32.1. The minimum Gasteiger partial charge on any atom is -0.508 e. The number of carbonyl (C=O) groups excluding carboxylic acids is 1. The van der Waals surface area contributed by atoms with Gasteiger partial charge in [-0.3, -0.25) is 4.79 Å². The maximum Gasteiger partial charge on any atom is 0.160 e. The molecular weight excluding hydrogens is 308 g/mol. The smallest absolute Gasteiger partial charge is 0.160 e. The molecule has 116 valence electrons. The monoisotopic (exact) mass is 324 g/mol. The summed E-state index contributed by atoms with van der Waals surface area (Å²) in [6.07, 6.45) is 0.878. The van der Waals surface area contributed by atoms with Crippen molar-refractivity contribution in [2.75, 3.05) is 0 Å². The van der Waals surface area contributed by atoms with E-state index in [-0.39, 0.29) is 11.5 Å². The molecule has 2 N–H and O–H groups in total. The molecule has 0 bridgehead atoms. The number of aryl methyl sites for hydroxylation is 1. The Balaban J connectivity index is 2.22. The number of rotatable bonds is 3. The molecule has 0 saturated heterocycles. The van der Waals surface area contributed by atoms with E-state index in [1.54, 1.807) is 24.3 Å². The van der Waals surface area contributed by atoms with Crippen molar-refractivity contribution in [3.05, 3.63) is 58.5 Å². The molecule has 0 atom stereocenters. The van der Waals surface area contributed by atoms with Crippen LogP contribution in [0.15, 0.2) is 42.5 Å². The van der Waals surface area contributed by atoms with E-state index in [4.69, 9.17) is 0 Å². The van der Waals surface area contributed by atoms with Crippen molar-refractivity contribution in [1.82, 2.24) is 0 Å². The number of benzene rings is 2. The summed E-state index contributed by atoms with van der Waals surface area (Å²) in [4.78, 5) is 13.2. The van der Waals surface area contributed by atoms with E-state index in [9.17, 15) is 15.0 Å². The Morgan fingerprint density at radius 1 is 0.957 bits per heavy atom. The molecule has 4 heteroatoms. The highest BCUT2D eigenvalue weighted by Crippen LogP contribution is 2.42. The first-order chi connectivity index (χ1) is 11.0. The quantitative estimate of drug-likeness (QED) is 0.672. The number of carbonyl (C=O) groups is 1. The van der Waals surface area contributed by atoms with Crippen LogP contribution in [0.4, 0.5) is 0 Å². The molecule has 23 heavy (non-hydrogen) atoms. The molecule has 0 aliphatic carbocycles. The van der Waals surface area contributed by atoms with E-state index in [2.05, 4.69) is 0 Å². The van der Waals surface area contributed by atoms with E-state index >= 15 is 0 Å². The van der Waals surface area contributed by atoms with E-state index in [1.807, 2.05) is 32.0 Å². The largest absolute Gasteiger partial charge is 0.508 e. The molecule has 0 aliphatic rings. The Morgan fingerprint density at radius 2 is 1.61 bits per heavy atom. The first-order valence-corrected chi connectivity index (χ1v) is 8.01. The lowest BCUT2D eigenvalue weighted by atomic mass is 9.95. The van der Waals surface area contributed by atoms with Crippen molar-refractivity contribution in [1.29, 1.82) is 0 Å². The van der Waals surface area contributed by atoms with Gasteiger partial charge in [0.25, 0.3) is 0 Å². The molecule has 0 amide bonds. The van der Waals surface area contributed by atoms with Crippen LogP contribution >= 0.6 is 11.3 Å². The Labute approximate surface area is 138 Å². The van der Waals surface area contributed by atoms with Crippen LogP contribution in [0.1, 0.15) is 20.8 Å². The first-order valence-electron chi connectivity index (χ1n) is 7.19. The average Bonchev–Trinajstić information content (AvgIpc) is 2.85. The van der Waals surface area contributed by atoms with Gasteiger partial charge < -0.3 is 10.2 Å². The fourth-order valence-electron chi connectivity index (χ4n) is 2.77. The Bertz CT molecular complexity index is 876. The van der Waals surface area contributed by atoms with Crippen LogP contribution in [0.5, 0.6) is 11.5 Å². The maximum absolute atomic E-state index is 11.6. The molecular formula is C19H16O3S. The van der Waals surface area contributed by atoms with Crippen molar-refractivity contribution < 1.29 is 15.0 Å². The topological polar surface area (TPSA) is 57.5 Å². The summed E-state index contributed by atoms with van der Waals surface area (Å²) in [6.45, 7) is 3.91. The Hall–Kier alpha value is -2.59. The molecule has 0 aliphatic heterocycles. The lowest BCUT2D eigenvalue weighted by Gasteiger charge is -2.08. The number of thiophene rings is 1. The standard InChI is InChI=1S/C19H16O3S/c1-11-9-15(22)7-8-16(11)18-12(2)19(23-17(18)10-20)13-3-5-14(21)6-4-13/h3-10,21-22H,1-2H3. The lowest BCUT2D eigenvalue weighted by Crippen LogP contribution is -1.88. The summed E-state index contributed by atoms with van der Waals surface area (Å²) in [5.74, 6) is 0.429. The second-order valence-electron chi connectivity index (χ2n) is 5.46. The zero-order valence-electron chi connectivity index (χ0n) is 12.8. The molecule has 0 radical (unpaired) electrons. The predicted molar refractivity (Wildman–Crippen MR) is 93.4 cm³/mol. The minimum absolute atomic E-state index is 0.213. The molecule has 0 unspecified atom stereocenters. The van der Waals surface area contributed by atoms with Gasteiger partial charge in [-0.1, -0.05) is 6.07 Å². The van der Waals surface area contributed by atoms with Crippen molar-refractivity contribution in [2.24, 2.45) is 0 Å². The summed E-state index contributed by atoms with van der Waals surface area (Å²) in [6, 6.07) is 12.1. The van der Waals surface area contributed by atoms with Gasteiger partial charge in [0.05, 0.1) is 4.88 Å². The van der Waals surface area contributed by atoms with E-state index in [0.717, 1.165) is 39.0 Å². The fourth-order valence-corrected chi connectivity index (χ4v) is 3.91. The van der Waals surface area contributed by atoms with Crippen LogP contribution in [0.2, 0.25) is 0 Å². The first kappa shape index (κ1) is 15.3. The number of hydrogen-bond donors (Lipinski definition) is 2. The summed E-state index contributed by atoms with van der Waals surface area (Å²) >= 11 is 1.44. The van der Waals surface area contributed by atoms with Crippen LogP contribution in [0, 0.1) is 13.8 Å². The van der Waals surface area contributed by atoms with Gasteiger partial charge in [0.1, 0.15) is 11.5 Å². The van der Waals surface area contributed by atoms with Gasteiger partial charge >= 0.3 is 0 Å². The molecule has 0 spiro atoms. The fraction of sp³-hybridized carbons (Fsp3) is 0.105. The summed E-state index contributed by atoms with van der Waals surface area (Å²) in [5.41, 5.74) is 4.77. The molecule has 0 fully saturated rings. The zero-order chi connectivity index (χ0) is 16.6. The van der Waals surface area contributed by atoms with Gasteiger partial charge in [-0.15, -0.1) is 11.3 Å². The molecule has 2 aromatic carbocycles. The lowest BCUT2D eigenvalue weighted by molar-refractivity contribution is 0.112. The number of phenols is 2. The third kappa shape index (κ3) is 2.73. The predicted octanol–water partition coefficient (Wildman–Crippen LogP) is 4.92. The average molecular weight is 324 g/mol. The molecule has 0 saturated carbocycles. The van der Waals surface area contributed by atoms with Crippen molar-refractivity contribution >= 4 is 17.6 Å². The highest BCUT2D eigenvalue weighted by molar-refractivity contribution is 7.17. The SMILES string of the molecule is Cc1cc(O)ccc1-c1c(C=O)sc(-c2ccc(O)cc2)c1C. The third-order valence-electron chi connectivity index (χ3n) is 3.89. The summed E-state index contributed by atoms with van der Waals surface area (Å²) in [5, 5.41) is 19.0. The number of aromatic hydroxyl groups is 2. The molecule has 3 nitrogen and oxygen atoms in total. The second-order valence-corrected chi connectivity index (χ2v) is 6.51. The summed E-state index contributed by atoms with van der Waals surface area (Å²) < 4.78 is 0. The normalized spacial score (nSPS) is 10.7. The van der Waals surface area contributed by atoms with Crippen molar-refractivity contribution in [2.45, 2.75) is 13.8 Å². The van der Waals surface area contributed by atoms with Crippen molar-refractivity contribution in [3.8, 4) is 33.1 Å². The maximum atomic E-state index is 11.6. The van der Waals surface area contributed by atoms with Gasteiger partial charge in [0.15, 0.2) is 6.29 Å². The Kier molecular flexibility index (Phi) is 3.92. The van der Waals surface area contributed by atoms with Crippen LogP contribution in [0.3, 0.4) is 0 Å². The van der Waals surface area contributed by atoms with Gasteiger partial charge in [0, 0.05) is 10.4 Å². The van der Waals surface area contributed by atoms with Crippen LogP contribution in [0.25, 0.3) is 21.6 Å². The van der Waals surface area contributed by atoms with Gasteiger partial charge in [-0.2, -0.15) is 0 Å². The van der Waals surface area contributed by atoms with E-state index in [0.29, 0.717) is 4.88 Å². The number of phenolic OH excluding ortho intramolecular Hbond substituents is 2. The van der Waals surface area contributed by atoms with Gasteiger partial charge in [0.2, 0.25) is 0 Å². The molecule has 1 heterocycles.